The summed E-state index contributed by atoms with van der Waals surface area (Å²) in [4.78, 5) is 9.76. The number of pyridine rings is 1. The van der Waals surface area contributed by atoms with E-state index in [0.29, 0.717) is 6.61 Å². The molecule has 2 rings (SSSR count). The molecular weight excluding hydrogens is 296 g/mol. The van der Waals surface area contributed by atoms with Crippen LogP contribution >= 0.6 is 15.9 Å². The highest BCUT2D eigenvalue weighted by Gasteiger charge is 2.45. The second-order valence-electron chi connectivity index (χ2n) is 5.05. The Bertz CT molecular complexity index is 388. The first-order valence-corrected chi connectivity index (χ1v) is 7.30. The van der Waals surface area contributed by atoms with Crippen LogP contribution in [0.2, 0.25) is 0 Å². The molecule has 0 radical (unpaired) electrons. The van der Waals surface area contributed by atoms with Gasteiger partial charge in [0.2, 0.25) is 0 Å². The van der Waals surface area contributed by atoms with Crippen molar-refractivity contribution in [2.75, 3.05) is 6.61 Å². The van der Waals surface area contributed by atoms with Gasteiger partial charge in [-0.2, -0.15) is 5.48 Å². The standard InChI is InChI=1S/C13H19BrN2O2/c1-9(2)12(17)13(5-6-18-16-13)11-4-3-10(7-14)8-15-11/h3-4,8-9,12,16-17H,5-7H2,1-2H3. The van der Waals surface area contributed by atoms with Crippen LogP contribution in [0.1, 0.15) is 31.5 Å². The fourth-order valence-corrected chi connectivity index (χ4v) is 2.65. The average Bonchev–Trinajstić information content (AvgIpc) is 2.88. The Balaban J connectivity index is 2.34. The molecule has 0 amide bonds. The molecule has 100 valence electrons. The highest BCUT2D eigenvalue weighted by atomic mass is 79.9. The summed E-state index contributed by atoms with van der Waals surface area (Å²) in [5.41, 5.74) is 4.35. The molecule has 18 heavy (non-hydrogen) atoms. The maximum absolute atomic E-state index is 10.5. The van der Waals surface area contributed by atoms with Gasteiger partial charge in [0, 0.05) is 17.9 Å². The van der Waals surface area contributed by atoms with E-state index in [1.807, 2.05) is 32.2 Å². The fraction of sp³-hybridized carbons (Fsp3) is 0.615. The first kappa shape index (κ1) is 13.9. The summed E-state index contributed by atoms with van der Waals surface area (Å²) in [6.07, 6.45) is 2.04. The van der Waals surface area contributed by atoms with Gasteiger partial charge in [0.15, 0.2) is 0 Å². The number of alkyl halides is 1. The van der Waals surface area contributed by atoms with Gasteiger partial charge in [-0.1, -0.05) is 35.8 Å². The lowest BCUT2D eigenvalue weighted by Gasteiger charge is -2.34. The summed E-state index contributed by atoms with van der Waals surface area (Å²) < 4.78 is 0. The number of halogens is 1. The second kappa shape index (κ2) is 5.65. The zero-order chi connectivity index (χ0) is 13.2. The van der Waals surface area contributed by atoms with Gasteiger partial charge in [0.05, 0.1) is 18.4 Å². The van der Waals surface area contributed by atoms with Crippen molar-refractivity contribution in [2.45, 2.75) is 37.2 Å². The summed E-state index contributed by atoms with van der Waals surface area (Å²) in [5.74, 6) is 0.136. The minimum absolute atomic E-state index is 0.136. The lowest BCUT2D eigenvalue weighted by molar-refractivity contribution is -0.0280. The Labute approximate surface area is 116 Å². The van der Waals surface area contributed by atoms with Gasteiger partial charge in [0.1, 0.15) is 5.54 Å². The summed E-state index contributed by atoms with van der Waals surface area (Å²) in [6, 6.07) is 3.98. The van der Waals surface area contributed by atoms with E-state index in [-0.39, 0.29) is 5.92 Å². The van der Waals surface area contributed by atoms with Crippen molar-refractivity contribution in [1.82, 2.24) is 10.5 Å². The molecule has 1 saturated heterocycles. The molecule has 4 nitrogen and oxygen atoms in total. The molecule has 1 aliphatic heterocycles. The Morgan fingerprint density at radius 1 is 1.56 bits per heavy atom. The number of nitrogens with zero attached hydrogens (tertiary/aromatic N) is 1. The Hall–Kier alpha value is -0.490. The third-order valence-corrected chi connectivity index (χ3v) is 4.07. The molecule has 1 aromatic rings. The van der Waals surface area contributed by atoms with Crippen LogP contribution in [0.25, 0.3) is 0 Å². The molecule has 0 aliphatic carbocycles. The molecule has 0 spiro atoms. The number of nitrogens with one attached hydrogen (secondary N) is 1. The molecule has 5 heteroatoms. The van der Waals surface area contributed by atoms with E-state index in [1.54, 1.807) is 0 Å². The van der Waals surface area contributed by atoms with E-state index < -0.39 is 11.6 Å². The molecular formula is C13H19BrN2O2. The van der Waals surface area contributed by atoms with Gasteiger partial charge in [-0.15, -0.1) is 0 Å². The molecule has 2 heterocycles. The zero-order valence-electron chi connectivity index (χ0n) is 10.7. The maximum Gasteiger partial charge on any atom is 0.113 e. The molecule has 1 fully saturated rings. The smallest absolute Gasteiger partial charge is 0.113 e. The highest BCUT2D eigenvalue weighted by molar-refractivity contribution is 9.08. The number of aromatic nitrogens is 1. The summed E-state index contributed by atoms with van der Waals surface area (Å²) in [6.45, 7) is 4.59. The van der Waals surface area contributed by atoms with Crippen LogP contribution in [0.5, 0.6) is 0 Å². The number of aliphatic hydroxyl groups excluding tert-OH is 1. The van der Waals surface area contributed by atoms with E-state index in [9.17, 15) is 5.11 Å². The van der Waals surface area contributed by atoms with Gasteiger partial charge in [-0.3, -0.25) is 4.98 Å². The van der Waals surface area contributed by atoms with E-state index in [0.717, 1.165) is 23.0 Å². The average molecular weight is 315 g/mol. The molecule has 2 atom stereocenters. The summed E-state index contributed by atoms with van der Waals surface area (Å²) in [7, 11) is 0. The third-order valence-electron chi connectivity index (χ3n) is 3.43. The van der Waals surface area contributed by atoms with Gasteiger partial charge in [0.25, 0.3) is 0 Å². The predicted octanol–water partition coefficient (Wildman–Crippen LogP) is 2.11. The topological polar surface area (TPSA) is 54.4 Å². The van der Waals surface area contributed by atoms with Crippen molar-refractivity contribution in [3.63, 3.8) is 0 Å². The number of hydrogen-bond donors (Lipinski definition) is 2. The monoisotopic (exact) mass is 314 g/mol. The van der Waals surface area contributed by atoms with Crippen LogP contribution in [0.3, 0.4) is 0 Å². The van der Waals surface area contributed by atoms with Gasteiger partial charge < -0.3 is 9.94 Å². The second-order valence-corrected chi connectivity index (χ2v) is 5.61. The molecule has 1 aromatic heterocycles. The Morgan fingerprint density at radius 2 is 2.33 bits per heavy atom. The van der Waals surface area contributed by atoms with Crippen LogP contribution < -0.4 is 5.48 Å². The first-order valence-electron chi connectivity index (χ1n) is 6.18. The third kappa shape index (κ3) is 2.45. The normalized spacial score (nSPS) is 25.6. The summed E-state index contributed by atoms with van der Waals surface area (Å²) >= 11 is 3.40. The van der Waals surface area contributed by atoms with Crippen LogP contribution in [0, 0.1) is 5.92 Å². The summed E-state index contributed by atoms with van der Waals surface area (Å²) in [5, 5.41) is 11.2. The molecule has 1 aliphatic rings. The van der Waals surface area contributed by atoms with E-state index >= 15 is 0 Å². The predicted molar refractivity (Wildman–Crippen MR) is 73.1 cm³/mol. The quantitative estimate of drug-likeness (QED) is 0.836. The molecule has 2 unspecified atom stereocenters. The van der Waals surface area contributed by atoms with Crippen LogP contribution in [0.15, 0.2) is 18.3 Å². The van der Waals surface area contributed by atoms with Crippen molar-refractivity contribution in [3.8, 4) is 0 Å². The molecule has 0 saturated carbocycles. The number of hydroxylamine groups is 1. The van der Waals surface area contributed by atoms with Crippen LogP contribution in [-0.2, 0) is 15.7 Å². The van der Waals surface area contributed by atoms with Gasteiger partial charge in [-0.25, -0.2) is 0 Å². The number of aliphatic hydroxyl groups is 1. The molecule has 0 aromatic carbocycles. The highest BCUT2D eigenvalue weighted by Crippen LogP contribution is 2.34. The lowest BCUT2D eigenvalue weighted by Crippen LogP contribution is -2.50. The van der Waals surface area contributed by atoms with Crippen molar-refractivity contribution in [1.29, 1.82) is 0 Å². The lowest BCUT2D eigenvalue weighted by atomic mass is 9.81. The van der Waals surface area contributed by atoms with Crippen LogP contribution in [0.4, 0.5) is 0 Å². The van der Waals surface area contributed by atoms with Crippen molar-refractivity contribution >= 4 is 15.9 Å². The van der Waals surface area contributed by atoms with Gasteiger partial charge in [-0.05, 0) is 17.5 Å². The van der Waals surface area contributed by atoms with Crippen LogP contribution in [-0.4, -0.2) is 22.8 Å². The molecule has 2 N–H and O–H groups in total. The molecule has 0 bridgehead atoms. The maximum atomic E-state index is 10.5. The number of rotatable bonds is 4. The van der Waals surface area contributed by atoms with Crippen molar-refractivity contribution in [2.24, 2.45) is 5.92 Å². The van der Waals surface area contributed by atoms with E-state index in [2.05, 4.69) is 26.4 Å². The largest absolute Gasteiger partial charge is 0.390 e. The Morgan fingerprint density at radius 3 is 2.78 bits per heavy atom. The fourth-order valence-electron chi connectivity index (χ4n) is 2.32. The minimum Gasteiger partial charge on any atom is -0.390 e. The van der Waals surface area contributed by atoms with E-state index in [4.69, 9.17) is 4.84 Å². The SMILES string of the molecule is CC(C)C(O)C1(c2ccc(CBr)cn2)CCON1. The van der Waals surface area contributed by atoms with Crippen molar-refractivity contribution in [3.05, 3.63) is 29.6 Å². The first-order chi connectivity index (χ1) is 8.60. The zero-order valence-corrected chi connectivity index (χ0v) is 12.3. The number of hydrogen-bond acceptors (Lipinski definition) is 4. The Kier molecular flexibility index (Phi) is 4.37. The van der Waals surface area contributed by atoms with Crippen molar-refractivity contribution < 1.29 is 9.94 Å². The van der Waals surface area contributed by atoms with E-state index in [1.165, 1.54) is 0 Å². The minimum atomic E-state index is -0.584. The van der Waals surface area contributed by atoms with Gasteiger partial charge >= 0.3 is 0 Å².